The number of aliphatic hydroxyl groups excluding tert-OH is 2. The van der Waals surface area contributed by atoms with Crippen LogP contribution < -0.4 is 15.0 Å². The van der Waals surface area contributed by atoms with Crippen molar-refractivity contribution in [3.8, 4) is 5.75 Å². The number of ether oxygens (including phenoxy) is 2. The second-order valence-electron chi connectivity index (χ2n) is 14.2. The van der Waals surface area contributed by atoms with Crippen molar-refractivity contribution < 1.29 is 33.4 Å². The Balaban J connectivity index is 1.31. The summed E-state index contributed by atoms with van der Waals surface area (Å²) in [5.74, 6) is 0.669. The van der Waals surface area contributed by atoms with Crippen LogP contribution in [0.25, 0.3) is 0 Å². The van der Waals surface area contributed by atoms with Crippen LogP contribution in [-0.2, 0) is 27.2 Å². The maximum atomic E-state index is 15.8. The lowest BCUT2D eigenvalue weighted by Crippen LogP contribution is -2.49. The first-order chi connectivity index (χ1) is 23.0. The van der Waals surface area contributed by atoms with Crippen LogP contribution >= 0.6 is 0 Å². The summed E-state index contributed by atoms with van der Waals surface area (Å²) in [5.41, 5.74) is 3.42. The van der Waals surface area contributed by atoms with Crippen molar-refractivity contribution in [1.29, 1.82) is 0 Å². The van der Waals surface area contributed by atoms with Gasteiger partial charge in [-0.1, -0.05) is 19.1 Å². The van der Waals surface area contributed by atoms with Crippen LogP contribution in [0.3, 0.4) is 0 Å². The van der Waals surface area contributed by atoms with Gasteiger partial charge in [-0.15, -0.1) is 0 Å². The zero-order valence-corrected chi connectivity index (χ0v) is 30.0. The van der Waals surface area contributed by atoms with Crippen LogP contribution in [0, 0.1) is 5.92 Å². The minimum atomic E-state index is -3.15. The van der Waals surface area contributed by atoms with Crippen molar-refractivity contribution in [2.75, 3.05) is 37.8 Å². The molecule has 2 saturated heterocycles. The lowest BCUT2D eigenvalue weighted by Gasteiger charge is -2.35. The Labute approximate surface area is 286 Å². The third-order valence-electron chi connectivity index (χ3n) is 10.4. The quantitative estimate of drug-likeness (QED) is 0.133. The molecule has 1 unspecified atom stereocenters. The number of carbonyl (C=O) groups is 2. The van der Waals surface area contributed by atoms with E-state index in [1.54, 1.807) is 22.9 Å². The molecule has 0 saturated carbocycles. The summed E-state index contributed by atoms with van der Waals surface area (Å²) in [6.07, 6.45) is 4.53. The molecular weight excluding hydrogens is 630 g/mol. The van der Waals surface area contributed by atoms with Gasteiger partial charge >= 0.3 is 0 Å². The molecule has 6 atom stereocenters. The fourth-order valence-corrected chi connectivity index (χ4v) is 10.6. The molecule has 3 heterocycles. The Morgan fingerprint density at radius 2 is 1.96 bits per heavy atom. The van der Waals surface area contributed by atoms with E-state index in [4.69, 9.17) is 9.47 Å². The summed E-state index contributed by atoms with van der Waals surface area (Å²) in [5, 5.41) is 22.3. The second kappa shape index (κ2) is 16.2. The molecule has 0 spiro atoms. The van der Waals surface area contributed by atoms with Crippen molar-refractivity contribution in [3.63, 3.8) is 0 Å². The largest absolute Gasteiger partial charge is 0.494 e. The Bertz CT molecular complexity index is 1410. The van der Waals surface area contributed by atoms with Crippen molar-refractivity contribution in [3.05, 3.63) is 53.6 Å². The fraction of sp³-hybridized carbons (Fsp3) is 0.622. The molecule has 0 bridgehead atoms. The van der Waals surface area contributed by atoms with E-state index in [9.17, 15) is 19.8 Å². The zero-order chi connectivity index (χ0) is 34.4. The number of amides is 2. The van der Waals surface area contributed by atoms with E-state index in [-0.39, 0.29) is 55.1 Å². The van der Waals surface area contributed by atoms with Gasteiger partial charge in [-0.2, -0.15) is 0 Å². The van der Waals surface area contributed by atoms with Gasteiger partial charge in [0.1, 0.15) is 5.75 Å². The number of aryl methyl sites for hydroxylation is 1. The molecule has 2 aromatic carbocycles. The van der Waals surface area contributed by atoms with Gasteiger partial charge in [-0.3, -0.25) is 14.5 Å². The average molecular weight is 684 g/mol. The number of carbonyl (C=O) groups excluding carboxylic acids is 2. The van der Waals surface area contributed by atoms with Crippen LogP contribution in [0.2, 0.25) is 18.6 Å². The Hall–Kier alpha value is -2.83. The van der Waals surface area contributed by atoms with E-state index in [0.29, 0.717) is 45.4 Å². The third-order valence-corrected chi connectivity index (χ3v) is 12.9. The molecule has 9 nitrogen and oxygen atoms in total. The molecular formula is C37H54FN3O6Si. The molecule has 0 aromatic heterocycles. The van der Waals surface area contributed by atoms with Crippen LogP contribution in [0.5, 0.6) is 5.75 Å². The van der Waals surface area contributed by atoms with Crippen molar-refractivity contribution in [2.24, 2.45) is 5.92 Å². The summed E-state index contributed by atoms with van der Waals surface area (Å²) < 4.78 is 28.1. The number of benzene rings is 2. The topological polar surface area (TPSA) is 112 Å². The molecule has 48 heavy (non-hydrogen) atoms. The first-order valence-corrected chi connectivity index (χ1v) is 20.8. The summed E-state index contributed by atoms with van der Waals surface area (Å²) in [4.78, 5) is 30.8. The molecule has 0 radical (unpaired) electrons. The summed E-state index contributed by atoms with van der Waals surface area (Å²) in [6.45, 7) is 9.34. The number of unbranched alkanes of at least 4 members (excludes halogenated alkanes) is 1. The number of fused-ring (bicyclic) bond motifs is 1. The van der Waals surface area contributed by atoms with Crippen molar-refractivity contribution >= 4 is 31.6 Å². The van der Waals surface area contributed by atoms with E-state index in [1.807, 2.05) is 37.3 Å². The van der Waals surface area contributed by atoms with Crippen molar-refractivity contribution in [1.82, 2.24) is 10.2 Å². The smallest absolute Gasteiger partial charge is 0.249 e. The number of hydrogen-bond donors (Lipinski definition) is 3. The third kappa shape index (κ3) is 8.30. The first kappa shape index (κ1) is 36.4. The standard InChI is InChI=1S/C37H54FN3O6Si/c1-5-46-30-14-15-32-27(21-30)22-31(39-17-6-7-19-42)37(45)41(32)28-11-8-10-26(20-28)13-16-33-25(2)36(48(3,4)38)34(47-33)23-35(44)40-18-9-12-29(40)24-43/h8,10-11,14-15,20-21,25,29,31,33-34,36,39,42-43H,5-7,9,12-13,16-19,22-24H2,1-4H3/t25-,29-,31?,33+,34-,36+/m0/s1. The maximum Gasteiger partial charge on any atom is 0.249 e. The highest BCUT2D eigenvalue weighted by atomic mass is 28.4. The van der Waals surface area contributed by atoms with Gasteiger partial charge in [0.05, 0.1) is 49.6 Å². The molecule has 264 valence electrons. The normalized spacial score (nSPS) is 25.9. The van der Waals surface area contributed by atoms with E-state index in [2.05, 4.69) is 24.4 Å². The molecule has 2 fully saturated rings. The van der Waals surface area contributed by atoms with Crippen LogP contribution in [0.1, 0.15) is 63.5 Å². The van der Waals surface area contributed by atoms with E-state index in [1.165, 1.54) is 0 Å². The minimum absolute atomic E-state index is 0.0208. The average Bonchev–Trinajstić information content (AvgIpc) is 3.66. The summed E-state index contributed by atoms with van der Waals surface area (Å²) in [7, 11) is -3.15. The predicted octanol–water partition coefficient (Wildman–Crippen LogP) is 5.29. The number of anilines is 2. The molecule has 3 N–H and O–H groups in total. The molecule has 2 amide bonds. The monoisotopic (exact) mass is 683 g/mol. The van der Waals surface area contributed by atoms with Gasteiger partial charge < -0.3 is 34.0 Å². The molecule has 5 rings (SSSR count). The molecule has 3 aliphatic heterocycles. The highest BCUT2D eigenvalue weighted by Crippen LogP contribution is 2.47. The molecule has 2 aromatic rings. The maximum absolute atomic E-state index is 15.8. The molecule has 0 aliphatic carbocycles. The second-order valence-corrected chi connectivity index (χ2v) is 18.0. The number of hydrogen-bond acceptors (Lipinski definition) is 7. The summed E-state index contributed by atoms with van der Waals surface area (Å²) in [6, 6.07) is 13.4. The Kier molecular flexibility index (Phi) is 12.3. The van der Waals surface area contributed by atoms with Gasteiger partial charge in [0, 0.05) is 24.4 Å². The number of nitrogens with zero attached hydrogens (tertiary/aromatic N) is 2. The minimum Gasteiger partial charge on any atom is -0.494 e. The van der Waals surface area contributed by atoms with E-state index >= 15 is 4.11 Å². The van der Waals surface area contributed by atoms with Gasteiger partial charge in [-0.05, 0) is 119 Å². The summed E-state index contributed by atoms with van der Waals surface area (Å²) >= 11 is 0. The zero-order valence-electron chi connectivity index (χ0n) is 29.0. The van der Waals surface area contributed by atoms with Crippen LogP contribution in [0.15, 0.2) is 42.5 Å². The number of halogens is 1. The number of likely N-dealkylation sites (tertiary alicyclic amines) is 1. The lowest BCUT2D eigenvalue weighted by molar-refractivity contribution is -0.135. The SMILES string of the molecule is CCOc1ccc2c(c1)CC(NCCCCO)C(=O)N2c1cccc(CC[C@H]2O[C@@H](CC(=O)N3CCC[C@H]3CO)[C@H]([Si](C)(C)F)[C@H]2C)c1. The predicted molar refractivity (Wildman–Crippen MR) is 188 cm³/mol. The number of aliphatic hydroxyl groups is 2. The Morgan fingerprint density at radius 3 is 2.69 bits per heavy atom. The Morgan fingerprint density at radius 1 is 1.15 bits per heavy atom. The van der Waals surface area contributed by atoms with Gasteiger partial charge in [0.2, 0.25) is 20.2 Å². The lowest BCUT2D eigenvalue weighted by atomic mass is 9.94. The highest BCUT2D eigenvalue weighted by Gasteiger charge is 2.52. The van der Waals surface area contributed by atoms with E-state index in [0.717, 1.165) is 47.5 Å². The van der Waals surface area contributed by atoms with Gasteiger partial charge in [0.15, 0.2) is 0 Å². The van der Waals surface area contributed by atoms with E-state index < -0.39 is 20.6 Å². The van der Waals surface area contributed by atoms with Gasteiger partial charge in [-0.25, -0.2) is 0 Å². The number of rotatable bonds is 15. The number of nitrogens with one attached hydrogen (secondary N) is 1. The van der Waals surface area contributed by atoms with Crippen LogP contribution in [0.4, 0.5) is 15.5 Å². The van der Waals surface area contributed by atoms with Gasteiger partial charge in [0.25, 0.3) is 0 Å². The fourth-order valence-electron chi connectivity index (χ4n) is 8.10. The molecule has 11 heteroatoms. The van der Waals surface area contributed by atoms with Crippen LogP contribution in [-0.4, -0.2) is 92.5 Å². The molecule has 3 aliphatic rings. The van der Waals surface area contributed by atoms with Crippen molar-refractivity contribution in [2.45, 2.75) is 108 Å². The first-order valence-electron chi connectivity index (χ1n) is 17.8. The highest BCUT2D eigenvalue weighted by molar-refractivity contribution is 6.72.